The zero-order valence-corrected chi connectivity index (χ0v) is 17.7. The maximum atomic E-state index is 13.8. The highest BCUT2D eigenvalue weighted by atomic mass is 32.2. The molecule has 3 aromatic carbocycles. The van der Waals surface area contributed by atoms with Crippen LogP contribution >= 0.6 is 0 Å². The number of amides is 1. The number of carbonyl (C=O) groups excluding carboxylic acids is 1. The van der Waals surface area contributed by atoms with Crippen molar-refractivity contribution in [1.82, 2.24) is 4.31 Å². The fraction of sp³-hybridized carbons (Fsp3) is 0.208. The molecule has 0 N–H and O–H groups in total. The van der Waals surface area contributed by atoms with Gasteiger partial charge in [-0.3, -0.25) is 4.79 Å². The molecule has 2 atom stereocenters. The average Bonchev–Trinajstić information content (AvgIpc) is 3.09. The molecule has 5 nitrogen and oxygen atoms in total. The number of nitrogens with zero attached hydrogens (tertiary/aromatic N) is 1. The summed E-state index contributed by atoms with van der Waals surface area (Å²) in [4.78, 5) is 13.8. The Hall–Kier alpha value is -2.96. The Bertz CT molecular complexity index is 1140. The Morgan fingerprint density at radius 2 is 1.47 bits per heavy atom. The van der Waals surface area contributed by atoms with Crippen LogP contribution in [-0.2, 0) is 25.2 Å². The van der Waals surface area contributed by atoms with E-state index in [9.17, 15) is 13.2 Å². The normalized spacial score (nSPS) is 21.7. The first-order chi connectivity index (χ1) is 14.4. The van der Waals surface area contributed by atoms with Gasteiger partial charge in [0.05, 0.1) is 4.90 Å². The number of hydrogen-bond donors (Lipinski definition) is 0. The molecular weight excluding hydrogens is 398 g/mol. The molecule has 1 fully saturated rings. The van der Waals surface area contributed by atoms with Crippen LogP contribution in [0.2, 0.25) is 0 Å². The van der Waals surface area contributed by atoms with Crippen molar-refractivity contribution in [3.8, 4) is 0 Å². The van der Waals surface area contributed by atoms with E-state index in [0.717, 1.165) is 9.87 Å². The van der Waals surface area contributed by atoms with Crippen molar-refractivity contribution in [2.75, 3.05) is 0 Å². The first kappa shape index (κ1) is 20.3. The van der Waals surface area contributed by atoms with Gasteiger partial charge in [-0.1, -0.05) is 85.3 Å². The molecule has 0 bridgehead atoms. The van der Waals surface area contributed by atoms with Gasteiger partial charge in [-0.2, -0.15) is 0 Å². The molecule has 1 saturated heterocycles. The van der Waals surface area contributed by atoms with Crippen molar-refractivity contribution >= 4 is 15.9 Å². The van der Waals surface area contributed by atoms with Crippen LogP contribution < -0.4 is 0 Å². The summed E-state index contributed by atoms with van der Waals surface area (Å²) in [5.74, 6) is -0.578. The number of hydrogen-bond acceptors (Lipinski definition) is 4. The second-order valence-corrected chi connectivity index (χ2v) is 9.16. The molecule has 0 spiro atoms. The molecule has 3 aromatic rings. The topological polar surface area (TPSA) is 63.7 Å². The van der Waals surface area contributed by atoms with Crippen LogP contribution in [0.15, 0.2) is 89.8 Å². The van der Waals surface area contributed by atoms with Crippen LogP contribution in [-0.4, -0.2) is 18.6 Å². The summed E-state index contributed by atoms with van der Waals surface area (Å²) in [6, 6.07) is 24.5. The third-order valence-electron chi connectivity index (χ3n) is 5.47. The first-order valence-electron chi connectivity index (χ1n) is 9.84. The van der Waals surface area contributed by atoms with Gasteiger partial charge >= 0.3 is 0 Å². The van der Waals surface area contributed by atoms with E-state index in [1.807, 2.05) is 38.1 Å². The summed E-state index contributed by atoms with van der Waals surface area (Å²) in [6.45, 7) is 3.71. The van der Waals surface area contributed by atoms with Gasteiger partial charge in [-0.05, 0) is 31.0 Å². The van der Waals surface area contributed by atoms with Crippen molar-refractivity contribution in [2.24, 2.45) is 0 Å². The maximum Gasteiger partial charge on any atom is 0.275 e. The number of carbonyl (C=O) groups is 1. The highest BCUT2D eigenvalue weighted by Crippen LogP contribution is 2.47. The van der Waals surface area contributed by atoms with Crippen LogP contribution in [0.1, 0.15) is 36.3 Å². The zero-order chi connectivity index (χ0) is 21.4. The lowest BCUT2D eigenvalue weighted by Gasteiger charge is -2.25. The van der Waals surface area contributed by atoms with E-state index in [4.69, 9.17) is 4.74 Å². The quantitative estimate of drug-likeness (QED) is 0.606. The molecule has 0 saturated carbocycles. The molecule has 154 valence electrons. The Labute approximate surface area is 177 Å². The van der Waals surface area contributed by atoms with E-state index in [2.05, 4.69) is 0 Å². The molecular formula is C24H23NO4S. The zero-order valence-electron chi connectivity index (χ0n) is 16.9. The molecule has 0 radical (unpaired) electrons. The van der Waals surface area contributed by atoms with E-state index in [1.165, 1.54) is 12.1 Å². The third-order valence-corrected chi connectivity index (χ3v) is 7.22. The van der Waals surface area contributed by atoms with Crippen LogP contribution in [0.3, 0.4) is 0 Å². The second-order valence-electron chi connectivity index (χ2n) is 7.35. The predicted molar refractivity (Wildman–Crippen MR) is 114 cm³/mol. The average molecular weight is 422 g/mol. The number of benzene rings is 3. The first-order valence-corrected chi connectivity index (χ1v) is 11.3. The smallest absolute Gasteiger partial charge is 0.275 e. The standard InChI is InChI=1S/C24H23NO4S/c1-3-24(20-12-8-5-9-13-20)23(26)25(22(29-24)19-10-6-4-7-11-19)30(27,28)21-16-14-18(2)15-17-21/h4-17,22H,3H2,1-2H3/t22-,24+/m1/s1. The fourth-order valence-corrected chi connectivity index (χ4v) is 5.28. The molecule has 1 amide bonds. The van der Waals surface area contributed by atoms with Gasteiger partial charge in [-0.15, -0.1) is 0 Å². The monoisotopic (exact) mass is 421 g/mol. The predicted octanol–water partition coefficient (Wildman–Crippen LogP) is 4.55. The number of rotatable bonds is 5. The minimum absolute atomic E-state index is 0.0611. The molecule has 1 aliphatic rings. The summed E-state index contributed by atoms with van der Waals surface area (Å²) in [6.07, 6.45) is -0.746. The van der Waals surface area contributed by atoms with Gasteiger partial charge < -0.3 is 4.74 Å². The van der Waals surface area contributed by atoms with Crippen molar-refractivity contribution in [3.63, 3.8) is 0 Å². The minimum Gasteiger partial charge on any atom is -0.332 e. The summed E-state index contributed by atoms with van der Waals surface area (Å²) < 4.78 is 34.4. The van der Waals surface area contributed by atoms with Gasteiger partial charge in [0.1, 0.15) is 0 Å². The van der Waals surface area contributed by atoms with Crippen LogP contribution in [0.4, 0.5) is 0 Å². The summed E-state index contributed by atoms with van der Waals surface area (Å²) >= 11 is 0. The molecule has 30 heavy (non-hydrogen) atoms. The Morgan fingerprint density at radius 3 is 2.03 bits per heavy atom. The molecule has 0 aliphatic carbocycles. The SMILES string of the molecule is CC[C@@]1(c2ccccc2)O[C@H](c2ccccc2)N(S(=O)(=O)c2ccc(C)cc2)C1=O. The molecule has 0 aromatic heterocycles. The van der Waals surface area contributed by atoms with E-state index in [-0.39, 0.29) is 4.90 Å². The van der Waals surface area contributed by atoms with E-state index in [0.29, 0.717) is 17.5 Å². The summed E-state index contributed by atoms with van der Waals surface area (Å²) in [7, 11) is -4.13. The summed E-state index contributed by atoms with van der Waals surface area (Å²) in [5, 5.41) is 0. The largest absolute Gasteiger partial charge is 0.332 e. The third kappa shape index (κ3) is 3.22. The number of sulfonamides is 1. The van der Waals surface area contributed by atoms with E-state index < -0.39 is 27.8 Å². The van der Waals surface area contributed by atoms with Crippen molar-refractivity contribution in [2.45, 2.75) is 37.0 Å². The van der Waals surface area contributed by atoms with Gasteiger partial charge in [0.2, 0.25) is 0 Å². The lowest BCUT2D eigenvalue weighted by Crippen LogP contribution is -2.41. The van der Waals surface area contributed by atoms with Crippen molar-refractivity contribution in [3.05, 3.63) is 102 Å². The maximum absolute atomic E-state index is 13.8. The number of aryl methyl sites for hydroxylation is 1. The van der Waals surface area contributed by atoms with Crippen LogP contribution in [0.25, 0.3) is 0 Å². The molecule has 1 heterocycles. The van der Waals surface area contributed by atoms with Crippen molar-refractivity contribution in [1.29, 1.82) is 0 Å². The van der Waals surface area contributed by atoms with Gasteiger partial charge in [0.15, 0.2) is 11.8 Å². The van der Waals surface area contributed by atoms with Gasteiger partial charge in [-0.25, -0.2) is 12.7 Å². The lowest BCUT2D eigenvalue weighted by atomic mass is 9.90. The molecule has 0 unspecified atom stereocenters. The highest BCUT2D eigenvalue weighted by Gasteiger charge is 2.57. The molecule has 6 heteroatoms. The second kappa shape index (κ2) is 7.70. The van der Waals surface area contributed by atoms with Crippen LogP contribution in [0, 0.1) is 6.92 Å². The number of ether oxygens (including phenoxy) is 1. The van der Waals surface area contributed by atoms with Gasteiger partial charge in [0.25, 0.3) is 15.9 Å². The fourth-order valence-electron chi connectivity index (χ4n) is 3.79. The summed E-state index contributed by atoms with van der Waals surface area (Å²) in [5.41, 5.74) is 0.803. The minimum atomic E-state index is -4.13. The van der Waals surface area contributed by atoms with E-state index in [1.54, 1.807) is 48.5 Å². The van der Waals surface area contributed by atoms with Crippen LogP contribution in [0.5, 0.6) is 0 Å². The molecule has 4 rings (SSSR count). The van der Waals surface area contributed by atoms with E-state index >= 15 is 0 Å². The highest BCUT2D eigenvalue weighted by molar-refractivity contribution is 7.89. The Kier molecular flexibility index (Phi) is 5.22. The van der Waals surface area contributed by atoms with Crippen molar-refractivity contribution < 1.29 is 17.9 Å². The molecule has 1 aliphatic heterocycles. The Morgan fingerprint density at radius 1 is 0.900 bits per heavy atom. The van der Waals surface area contributed by atoms with Gasteiger partial charge in [0, 0.05) is 5.56 Å². The lowest BCUT2D eigenvalue weighted by molar-refractivity contribution is -0.137. The Balaban J connectivity index is 1.90.